The molecule has 0 saturated carbocycles. The highest BCUT2D eigenvalue weighted by Gasteiger charge is 2.20. The Morgan fingerprint density at radius 2 is 1.97 bits per heavy atom. The van der Waals surface area contributed by atoms with Crippen LogP contribution in [-0.2, 0) is 0 Å². The van der Waals surface area contributed by atoms with Crippen LogP contribution in [0.25, 0.3) is 21.5 Å². The third-order valence-corrected chi connectivity index (χ3v) is 5.95. The van der Waals surface area contributed by atoms with Crippen molar-refractivity contribution in [3.8, 4) is 10.6 Å². The highest BCUT2D eigenvalue weighted by molar-refractivity contribution is 7.14. The minimum atomic E-state index is -2.43. The van der Waals surface area contributed by atoms with Crippen molar-refractivity contribution in [1.29, 1.82) is 0 Å². The molecular weight excluding hydrogens is 424 g/mol. The third kappa shape index (κ3) is 5.04. The van der Waals surface area contributed by atoms with E-state index in [0.29, 0.717) is 29.7 Å². The number of urea groups is 1. The number of aryl methyl sites for hydroxylation is 1. The number of carbonyl (C=O) groups excluding carboxylic acids is 1. The third-order valence-electron chi connectivity index (χ3n) is 5.07. The van der Waals surface area contributed by atoms with Crippen molar-refractivity contribution in [1.82, 2.24) is 25.3 Å². The molecule has 0 radical (unpaired) electrons. The average molecular weight is 448 g/mol. The lowest BCUT2D eigenvalue weighted by Crippen LogP contribution is -2.39. The van der Waals surface area contributed by atoms with Gasteiger partial charge in [0.2, 0.25) is 6.43 Å². The summed E-state index contributed by atoms with van der Waals surface area (Å²) < 4.78 is 25.5. The molecule has 0 aliphatic carbocycles. The first-order valence-corrected chi connectivity index (χ1v) is 11.0. The number of carbonyl (C=O) groups is 1. The number of likely N-dealkylation sites (tertiary alicyclic amines) is 1. The van der Waals surface area contributed by atoms with E-state index in [1.807, 2.05) is 19.1 Å². The van der Waals surface area contributed by atoms with Crippen molar-refractivity contribution in [3.63, 3.8) is 0 Å². The molecular formula is C20H23F2N7OS. The fraction of sp³-hybridized carbons (Fsp3) is 0.450. The summed E-state index contributed by atoms with van der Waals surface area (Å²) in [5, 5.41) is 24.7. The smallest absolute Gasteiger partial charge is 0.323 e. The Hall–Kier alpha value is -2.95. The second-order valence-electron chi connectivity index (χ2n) is 7.37. The highest BCUT2D eigenvalue weighted by atomic mass is 32.1. The van der Waals surface area contributed by atoms with Crippen LogP contribution in [0, 0.1) is 6.92 Å². The quantitative estimate of drug-likeness (QED) is 0.576. The van der Waals surface area contributed by atoms with Gasteiger partial charge in [0.25, 0.3) is 0 Å². The van der Waals surface area contributed by atoms with Gasteiger partial charge in [-0.25, -0.2) is 13.6 Å². The Morgan fingerprint density at radius 3 is 2.68 bits per heavy atom. The Bertz CT molecular complexity index is 1070. The molecule has 2 N–H and O–H groups in total. The molecule has 1 aliphatic heterocycles. The number of nitrogens with one attached hydrogen (secondary N) is 2. The van der Waals surface area contributed by atoms with Crippen LogP contribution in [-0.4, -0.2) is 57.4 Å². The van der Waals surface area contributed by atoms with Crippen molar-refractivity contribution in [2.45, 2.75) is 39.0 Å². The van der Waals surface area contributed by atoms with E-state index in [-0.39, 0.29) is 24.8 Å². The summed E-state index contributed by atoms with van der Waals surface area (Å²) in [7, 11) is 0. The molecule has 8 nitrogen and oxygen atoms in total. The number of piperidine rings is 1. The standard InChI is InChI=1S/C20H23F2N7OS/c1-12-25-28-19(31-12)13-5-6-15-14(11-13)17(23-8-7-16(21)22)18(27-26-15)24-20(30)29-9-3-2-4-10-29/h5-6,11,16H,2-4,7-10H2,1H3,(H,23,26)(H,24,27,30). The summed E-state index contributed by atoms with van der Waals surface area (Å²) in [5.41, 5.74) is 1.89. The van der Waals surface area contributed by atoms with Crippen molar-refractivity contribution < 1.29 is 13.6 Å². The zero-order chi connectivity index (χ0) is 21.8. The second-order valence-corrected chi connectivity index (χ2v) is 8.55. The van der Waals surface area contributed by atoms with Crippen LogP contribution in [0.1, 0.15) is 30.7 Å². The fourth-order valence-electron chi connectivity index (χ4n) is 3.50. The molecule has 164 valence electrons. The predicted octanol–water partition coefficient (Wildman–Crippen LogP) is 4.54. The van der Waals surface area contributed by atoms with Crippen molar-refractivity contribution in [2.75, 3.05) is 30.3 Å². The average Bonchev–Trinajstić information content (AvgIpc) is 3.21. The first kappa shape index (κ1) is 21.3. The van der Waals surface area contributed by atoms with Crippen molar-refractivity contribution >= 4 is 39.8 Å². The Balaban J connectivity index is 1.69. The van der Waals surface area contributed by atoms with Crippen LogP contribution < -0.4 is 10.6 Å². The number of halogens is 2. The Labute approximate surface area is 182 Å². The molecule has 0 spiro atoms. The first-order chi connectivity index (χ1) is 15.0. The minimum absolute atomic E-state index is 0.0349. The zero-order valence-corrected chi connectivity index (χ0v) is 17.9. The first-order valence-electron chi connectivity index (χ1n) is 10.2. The molecule has 1 aromatic carbocycles. The van der Waals surface area contributed by atoms with E-state index < -0.39 is 6.43 Å². The SMILES string of the molecule is Cc1nnc(-c2ccc3nnc(NC(=O)N4CCCCC4)c(NCCC(F)F)c3c2)s1. The second kappa shape index (κ2) is 9.46. The van der Waals surface area contributed by atoms with E-state index in [2.05, 4.69) is 31.0 Å². The van der Waals surface area contributed by atoms with Gasteiger partial charge in [0.1, 0.15) is 10.0 Å². The number of amides is 2. The lowest BCUT2D eigenvalue weighted by atomic mass is 10.1. The van der Waals surface area contributed by atoms with Gasteiger partial charge >= 0.3 is 6.03 Å². The number of anilines is 2. The lowest BCUT2D eigenvalue weighted by Gasteiger charge is -2.27. The van der Waals surface area contributed by atoms with Crippen molar-refractivity contribution in [3.05, 3.63) is 23.2 Å². The van der Waals surface area contributed by atoms with Gasteiger partial charge in [-0.3, -0.25) is 5.32 Å². The minimum Gasteiger partial charge on any atom is -0.381 e. The maximum atomic E-state index is 12.7. The summed E-state index contributed by atoms with van der Waals surface area (Å²) in [6, 6.07) is 5.27. The van der Waals surface area contributed by atoms with Crippen LogP contribution in [0.2, 0.25) is 0 Å². The van der Waals surface area contributed by atoms with E-state index >= 15 is 0 Å². The van der Waals surface area contributed by atoms with Crippen LogP contribution in [0.4, 0.5) is 25.1 Å². The number of hydrogen-bond acceptors (Lipinski definition) is 7. The van der Waals surface area contributed by atoms with Gasteiger partial charge in [-0.2, -0.15) is 0 Å². The topological polar surface area (TPSA) is 95.9 Å². The fourth-order valence-corrected chi connectivity index (χ4v) is 4.19. The summed E-state index contributed by atoms with van der Waals surface area (Å²) in [6.07, 6.45) is 0.272. The predicted molar refractivity (Wildman–Crippen MR) is 117 cm³/mol. The number of fused-ring (bicyclic) bond motifs is 1. The molecule has 1 fully saturated rings. The number of alkyl halides is 2. The zero-order valence-electron chi connectivity index (χ0n) is 17.1. The van der Waals surface area contributed by atoms with Gasteiger partial charge in [0.05, 0.1) is 11.2 Å². The molecule has 0 bridgehead atoms. The van der Waals surface area contributed by atoms with Crippen LogP contribution >= 0.6 is 11.3 Å². The van der Waals surface area contributed by atoms with E-state index in [0.717, 1.165) is 34.8 Å². The van der Waals surface area contributed by atoms with Crippen LogP contribution in [0.3, 0.4) is 0 Å². The largest absolute Gasteiger partial charge is 0.381 e. The summed E-state index contributed by atoms with van der Waals surface area (Å²) >= 11 is 1.46. The van der Waals surface area contributed by atoms with Gasteiger partial charge in [-0.05, 0) is 44.4 Å². The molecule has 0 unspecified atom stereocenters. The molecule has 0 atom stereocenters. The number of benzene rings is 1. The van der Waals surface area contributed by atoms with Gasteiger partial charge in [-0.1, -0.05) is 11.3 Å². The molecule has 3 heterocycles. The maximum absolute atomic E-state index is 12.7. The summed E-state index contributed by atoms with van der Waals surface area (Å²) in [4.78, 5) is 14.4. The summed E-state index contributed by atoms with van der Waals surface area (Å²) in [5.74, 6) is 0.225. The maximum Gasteiger partial charge on any atom is 0.323 e. The molecule has 3 aromatic rings. The Morgan fingerprint density at radius 1 is 1.16 bits per heavy atom. The van der Waals surface area contributed by atoms with Crippen LogP contribution in [0.15, 0.2) is 18.2 Å². The van der Waals surface area contributed by atoms with Gasteiger partial charge in [-0.15, -0.1) is 20.4 Å². The lowest BCUT2D eigenvalue weighted by molar-refractivity contribution is 0.142. The highest BCUT2D eigenvalue weighted by Crippen LogP contribution is 2.33. The van der Waals surface area contributed by atoms with E-state index in [1.54, 1.807) is 11.0 Å². The van der Waals surface area contributed by atoms with E-state index in [4.69, 9.17) is 0 Å². The molecule has 31 heavy (non-hydrogen) atoms. The van der Waals surface area contributed by atoms with Gasteiger partial charge < -0.3 is 10.2 Å². The van der Waals surface area contributed by atoms with Gasteiger partial charge in [0, 0.05) is 37.0 Å². The molecule has 2 aromatic heterocycles. The molecule has 2 amide bonds. The normalized spacial score (nSPS) is 14.3. The molecule has 4 rings (SSSR count). The van der Waals surface area contributed by atoms with Crippen LogP contribution in [0.5, 0.6) is 0 Å². The molecule has 1 saturated heterocycles. The molecule has 1 aliphatic rings. The number of hydrogen-bond donors (Lipinski definition) is 2. The van der Waals surface area contributed by atoms with E-state index in [9.17, 15) is 13.6 Å². The van der Waals surface area contributed by atoms with E-state index in [1.165, 1.54) is 11.3 Å². The number of nitrogens with zero attached hydrogens (tertiary/aromatic N) is 5. The molecule has 11 heteroatoms. The van der Waals surface area contributed by atoms with Crippen molar-refractivity contribution in [2.24, 2.45) is 0 Å². The monoisotopic (exact) mass is 447 g/mol. The Kier molecular flexibility index (Phi) is 6.50. The van der Waals surface area contributed by atoms with Gasteiger partial charge in [0.15, 0.2) is 5.82 Å². The number of rotatable bonds is 6. The summed E-state index contributed by atoms with van der Waals surface area (Å²) in [6.45, 7) is 3.27. The number of aromatic nitrogens is 4.